The number of rotatable bonds is 6. The normalized spacial score (nSPS) is 10.8. The van der Waals surface area contributed by atoms with Crippen molar-refractivity contribution in [3.05, 3.63) is 58.8 Å². The molecule has 25 heavy (non-hydrogen) atoms. The zero-order chi connectivity index (χ0) is 17.8. The number of amides is 1. The van der Waals surface area contributed by atoms with Crippen molar-refractivity contribution < 1.29 is 9.21 Å². The van der Waals surface area contributed by atoms with Gasteiger partial charge in [-0.3, -0.25) is 9.48 Å². The number of carbonyl (C=O) groups is 1. The van der Waals surface area contributed by atoms with Crippen LogP contribution in [0.4, 0.5) is 0 Å². The highest BCUT2D eigenvalue weighted by atomic mass is 35.5. The van der Waals surface area contributed by atoms with Gasteiger partial charge in [0.15, 0.2) is 5.76 Å². The number of hydrogen-bond acceptors (Lipinski definition) is 4. The highest BCUT2D eigenvalue weighted by molar-refractivity contribution is 6.33. The summed E-state index contributed by atoms with van der Waals surface area (Å²) in [5.74, 6) is 2.22. The molecule has 1 amide bonds. The van der Waals surface area contributed by atoms with E-state index in [0.29, 0.717) is 23.9 Å². The van der Waals surface area contributed by atoms with Gasteiger partial charge in [-0.15, -0.1) is 0 Å². The largest absolute Gasteiger partial charge is 0.451 e. The summed E-state index contributed by atoms with van der Waals surface area (Å²) in [6, 6.07) is 10.8. The molecule has 0 atom stereocenters. The summed E-state index contributed by atoms with van der Waals surface area (Å²) in [4.78, 5) is 16.4. The molecule has 0 fully saturated rings. The Morgan fingerprint density at radius 3 is 2.76 bits per heavy atom. The second-order valence-corrected chi connectivity index (χ2v) is 6.09. The van der Waals surface area contributed by atoms with Crippen molar-refractivity contribution in [1.29, 1.82) is 0 Å². The van der Waals surface area contributed by atoms with E-state index in [4.69, 9.17) is 16.0 Å². The van der Waals surface area contributed by atoms with Gasteiger partial charge in [0.1, 0.15) is 17.4 Å². The fourth-order valence-electron chi connectivity index (χ4n) is 2.56. The lowest BCUT2D eigenvalue weighted by Gasteiger charge is -2.05. The Morgan fingerprint density at radius 1 is 1.24 bits per heavy atom. The molecule has 1 N–H and O–H groups in total. The van der Waals surface area contributed by atoms with Gasteiger partial charge < -0.3 is 9.73 Å². The number of halogens is 1. The Morgan fingerprint density at radius 2 is 2.04 bits per heavy atom. The van der Waals surface area contributed by atoms with E-state index in [9.17, 15) is 4.79 Å². The summed E-state index contributed by atoms with van der Waals surface area (Å²) in [7, 11) is 0. The van der Waals surface area contributed by atoms with E-state index in [1.807, 2.05) is 36.7 Å². The van der Waals surface area contributed by atoms with Crippen LogP contribution in [-0.4, -0.2) is 27.2 Å². The monoisotopic (exact) mass is 358 g/mol. The summed E-state index contributed by atoms with van der Waals surface area (Å²) in [6.45, 7) is 5.01. The molecule has 0 radical (unpaired) electrons. The molecule has 2 heterocycles. The Balaban J connectivity index is 1.54. The number of aromatic nitrogens is 3. The molecule has 0 saturated carbocycles. The van der Waals surface area contributed by atoms with Crippen molar-refractivity contribution in [3.8, 4) is 11.3 Å². The SMILES string of the molecule is Cc1nc(C)n(CCCNC(=O)c2ccc(-c3ccccc3Cl)o2)n1. The minimum atomic E-state index is -0.246. The van der Waals surface area contributed by atoms with Crippen LogP contribution in [0.5, 0.6) is 0 Å². The van der Waals surface area contributed by atoms with Gasteiger partial charge in [0.2, 0.25) is 0 Å². The molecule has 0 bridgehead atoms. The number of carbonyl (C=O) groups excluding carboxylic acids is 1. The number of aryl methyl sites for hydroxylation is 3. The molecule has 3 aromatic rings. The zero-order valence-electron chi connectivity index (χ0n) is 14.1. The van der Waals surface area contributed by atoms with Gasteiger partial charge >= 0.3 is 0 Å². The van der Waals surface area contributed by atoms with Crippen LogP contribution in [0.15, 0.2) is 40.8 Å². The van der Waals surface area contributed by atoms with E-state index in [1.54, 1.807) is 18.2 Å². The maximum Gasteiger partial charge on any atom is 0.287 e. The highest BCUT2D eigenvalue weighted by Gasteiger charge is 2.13. The predicted molar refractivity (Wildman–Crippen MR) is 95.6 cm³/mol. The zero-order valence-corrected chi connectivity index (χ0v) is 14.9. The van der Waals surface area contributed by atoms with Gasteiger partial charge in [0.25, 0.3) is 5.91 Å². The van der Waals surface area contributed by atoms with Crippen molar-refractivity contribution in [2.24, 2.45) is 0 Å². The number of furan rings is 1. The summed E-state index contributed by atoms with van der Waals surface area (Å²) in [6.07, 6.45) is 0.757. The summed E-state index contributed by atoms with van der Waals surface area (Å²) in [5, 5.41) is 7.73. The van der Waals surface area contributed by atoms with Crippen molar-refractivity contribution in [2.45, 2.75) is 26.8 Å². The first kappa shape index (κ1) is 17.2. The lowest BCUT2D eigenvalue weighted by Crippen LogP contribution is -2.25. The standard InChI is InChI=1S/C18H19ClN4O2/c1-12-21-13(2)23(22-12)11-5-10-20-18(24)17-9-8-16(25-17)14-6-3-4-7-15(14)19/h3-4,6-9H,5,10-11H2,1-2H3,(H,20,24). The highest BCUT2D eigenvalue weighted by Crippen LogP contribution is 2.28. The molecule has 1 aromatic carbocycles. The van der Waals surface area contributed by atoms with E-state index in [-0.39, 0.29) is 11.7 Å². The molecule has 6 nitrogen and oxygen atoms in total. The Labute approximate surface area is 150 Å². The summed E-state index contributed by atoms with van der Waals surface area (Å²) < 4.78 is 7.46. The Bertz CT molecular complexity index is 885. The van der Waals surface area contributed by atoms with E-state index >= 15 is 0 Å². The van der Waals surface area contributed by atoms with Gasteiger partial charge in [-0.2, -0.15) is 5.10 Å². The minimum absolute atomic E-state index is 0.246. The molecular formula is C18H19ClN4O2. The molecule has 0 aliphatic rings. The number of nitrogens with one attached hydrogen (secondary N) is 1. The van der Waals surface area contributed by atoms with Gasteiger partial charge in [0.05, 0.1) is 5.02 Å². The first-order valence-corrected chi connectivity index (χ1v) is 8.43. The van der Waals surface area contributed by atoms with Crippen LogP contribution < -0.4 is 5.32 Å². The van der Waals surface area contributed by atoms with Crippen LogP contribution in [0, 0.1) is 13.8 Å². The number of nitrogens with zero attached hydrogens (tertiary/aromatic N) is 3. The first-order chi connectivity index (χ1) is 12.0. The number of hydrogen-bond donors (Lipinski definition) is 1. The average Bonchev–Trinajstić information content (AvgIpc) is 3.18. The Hall–Kier alpha value is -2.60. The van der Waals surface area contributed by atoms with Crippen LogP contribution in [-0.2, 0) is 6.54 Å². The third kappa shape index (κ3) is 4.09. The van der Waals surface area contributed by atoms with Crippen molar-refractivity contribution in [3.63, 3.8) is 0 Å². The quantitative estimate of drug-likeness (QED) is 0.683. The van der Waals surface area contributed by atoms with Crippen LogP contribution in [0.25, 0.3) is 11.3 Å². The van der Waals surface area contributed by atoms with Crippen LogP contribution in [0.1, 0.15) is 28.6 Å². The smallest absolute Gasteiger partial charge is 0.287 e. The van der Waals surface area contributed by atoms with Crippen LogP contribution in [0.2, 0.25) is 5.02 Å². The van der Waals surface area contributed by atoms with E-state index in [2.05, 4.69) is 15.4 Å². The van der Waals surface area contributed by atoms with E-state index < -0.39 is 0 Å². The first-order valence-electron chi connectivity index (χ1n) is 8.05. The topological polar surface area (TPSA) is 73.0 Å². The maximum absolute atomic E-state index is 12.2. The molecule has 0 unspecified atom stereocenters. The van der Waals surface area contributed by atoms with Crippen molar-refractivity contribution in [2.75, 3.05) is 6.54 Å². The van der Waals surface area contributed by atoms with Crippen LogP contribution in [0.3, 0.4) is 0 Å². The second-order valence-electron chi connectivity index (χ2n) is 5.68. The van der Waals surface area contributed by atoms with Gasteiger partial charge in [-0.05, 0) is 44.5 Å². The fraction of sp³-hybridized carbons (Fsp3) is 0.278. The lowest BCUT2D eigenvalue weighted by molar-refractivity contribution is 0.0925. The van der Waals surface area contributed by atoms with Crippen molar-refractivity contribution >= 4 is 17.5 Å². The fourth-order valence-corrected chi connectivity index (χ4v) is 2.79. The molecule has 2 aromatic heterocycles. The predicted octanol–water partition coefficient (Wildman–Crippen LogP) is 3.63. The third-order valence-corrected chi connectivity index (χ3v) is 4.09. The molecule has 0 aliphatic heterocycles. The lowest BCUT2D eigenvalue weighted by atomic mass is 10.2. The van der Waals surface area contributed by atoms with E-state index in [0.717, 1.165) is 23.6 Å². The molecule has 0 aliphatic carbocycles. The van der Waals surface area contributed by atoms with Gasteiger partial charge in [0, 0.05) is 18.7 Å². The molecule has 3 rings (SSSR count). The van der Waals surface area contributed by atoms with E-state index in [1.165, 1.54) is 0 Å². The summed E-state index contributed by atoms with van der Waals surface area (Å²) >= 11 is 6.15. The Kier molecular flexibility index (Phi) is 5.19. The maximum atomic E-state index is 12.2. The molecular weight excluding hydrogens is 340 g/mol. The minimum Gasteiger partial charge on any atom is -0.451 e. The van der Waals surface area contributed by atoms with Gasteiger partial charge in [-0.25, -0.2) is 4.98 Å². The third-order valence-electron chi connectivity index (χ3n) is 3.76. The second kappa shape index (κ2) is 7.53. The van der Waals surface area contributed by atoms with Crippen LogP contribution >= 0.6 is 11.6 Å². The number of benzene rings is 1. The molecule has 7 heteroatoms. The average molecular weight is 359 g/mol. The molecule has 0 saturated heterocycles. The van der Waals surface area contributed by atoms with Crippen molar-refractivity contribution in [1.82, 2.24) is 20.1 Å². The molecule has 130 valence electrons. The van der Waals surface area contributed by atoms with Gasteiger partial charge in [-0.1, -0.05) is 23.7 Å². The molecule has 0 spiro atoms. The summed E-state index contributed by atoms with van der Waals surface area (Å²) in [5.41, 5.74) is 0.764.